The van der Waals surface area contributed by atoms with Crippen LogP contribution in [0.1, 0.15) is 36.4 Å². The topological polar surface area (TPSA) is 100 Å². The second-order valence-corrected chi connectivity index (χ2v) is 6.67. The number of hydrogen-bond donors (Lipinski definition) is 3. The molecule has 0 aliphatic rings. The Bertz CT molecular complexity index is 860. The lowest BCUT2D eigenvalue weighted by molar-refractivity contribution is -0.117. The minimum absolute atomic E-state index is 0.00772. The van der Waals surface area contributed by atoms with Gasteiger partial charge in [0.25, 0.3) is 5.91 Å². The van der Waals surface area contributed by atoms with Crippen LogP contribution in [0.2, 0.25) is 5.02 Å². The molecule has 0 atom stereocenters. The predicted octanol–water partition coefficient (Wildman–Crippen LogP) is 3.23. The van der Waals surface area contributed by atoms with Crippen LogP contribution in [-0.4, -0.2) is 30.3 Å². The summed E-state index contributed by atoms with van der Waals surface area (Å²) in [6, 6.07) is 8.08. The fourth-order valence-corrected chi connectivity index (χ4v) is 2.39. The van der Waals surface area contributed by atoms with Crippen molar-refractivity contribution >= 4 is 41.1 Å². The SMILES string of the molecule is CC(C)NC(=O)c1ccc(Cl)c(NC(=O)CCNC(=O)/C=C/c2ccco2)c1. The highest BCUT2D eigenvalue weighted by Gasteiger charge is 2.12. The Morgan fingerprint density at radius 3 is 2.68 bits per heavy atom. The minimum Gasteiger partial charge on any atom is -0.465 e. The average molecular weight is 404 g/mol. The Kier molecular flexibility index (Phi) is 7.83. The quantitative estimate of drug-likeness (QED) is 0.589. The van der Waals surface area contributed by atoms with Crippen molar-refractivity contribution in [3.8, 4) is 0 Å². The van der Waals surface area contributed by atoms with E-state index >= 15 is 0 Å². The molecule has 0 unspecified atom stereocenters. The third kappa shape index (κ3) is 6.92. The number of amides is 3. The number of carbonyl (C=O) groups is 3. The summed E-state index contributed by atoms with van der Waals surface area (Å²) in [5.74, 6) is -0.366. The third-order valence-corrected chi connectivity index (χ3v) is 3.85. The van der Waals surface area contributed by atoms with Gasteiger partial charge in [0.15, 0.2) is 0 Å². The first-order valence-corrected chi connectivity index (χ1v) is 9.12. The molecule has 0 spiro atoms. The molecule has 28 heavy (non-hydrogen) atoms. The first-order chi connectivity index (χ1) is 13.3. The monoisotopic (exact) mass is 403 g/mol. The maximum atomic E-state index is 12.1. The van der Waals surface area contributed by atoms with E-state index in [-0.39, 0.29) is 36.7 Å². The molecule has 3 amide bonds. The van der Waals surface area contributed by atoms with Gasteiger partial charge in [-0.1, -0.05) is 11.6 Å². The van der Waals surface area contributed by atoms with E-state index in [0.717, 1.165) is 0 Å². The lowest BCUT2D eigenvalue weighted by atomic mass is 10.1. The molecule has 3 N–H and O–H groups in total. The number of carbonyl (C=O) groups excluding carboxylic acids is 3. The largest absolute Gasteiger partial charge is 0.465 e. The van der Waals surface area contributed by atoms with E-state index in [1.807, 2.05) is 13.8 Å². The number of anilines is 1. The molecular weight excluding hydrogens is 382 g/mol. The van der Waals surface area contributed by atoms with Gasteiger partial charge in [-0.2, -0.15) is 0 Å². The van der Waals surface area contributed by atoms with Gasteiger partial charge in [0.05, 0.1) is 17.0 Å². The zero-order valence-electron chi connectivity index (χ0n) is 15.6. The van der Waals surface area contributed by atoms with Crippen LogP contribution in [-0.2, 0) is 9.59 Å². The molecule has 148 valence electrons. The van der Waals surface area contributed by atoms with E-state index in [9.17, 15) is 14.4 Å². The lowest BCUT2D eigenvalue weighted by Crippen LogP contribution is -2.30. The van der Waals surface area contributed by atoms with Crippen LogP contribution in [0.5, 0.6) is 0 Å². The van der Waals surface area contributed by atoms with E-state index in [4.69, 9.17) is 16.0 Å². The predicted molar refractivity (Wildman–Crippen MR) is 108 cm³/mol. The molecule has 0 aliphatic heterocycles. The highest BCUT2D eigenvalue weighted by molar-refractivity contribution is 6.33. The Morgan fingerprint density at radius 1 is 1.21 bits per heavy atom. The molecule has 8 heteroatoms. The molecule has 2 aromatic rings. The van der Waals surface area contributed by atoms with Crippen LogP contribution in [0.3, 0.4) is 0 Å². The Balaban J connectivity index is 1.83. The lowest BCUT2D eigenvalue weighted by Gasteiger charge is -2.11. The first-order valence-electron chi connectivity index (χ1n) is 8.75. The van der Waals surface area contributed by atoms with E-state index < -0.39 is 0 Å². The van der Waals surface area contributed by atoms with Gasteiger partial charge >= 0.3 is 0 Å². The van der Waals surface area contributed by atoms with Gasteiger partial charge in [-0.15, -0.1) is 0 Å². The van der Waals surface area contributed by atoms with Crippen LogP contribution >= 0.6 is 11.6 Å². The number of benzene rings is 1. The molecular formula is C20H22ClN3O4. The molecule has 0 saturated heterocycles. The van der Waals surface area contributed by atoms with Gasteiger partial charge < -0.3 is 20.4 Å². The normalized spacial score (nSPS) is 10.9. The molecule has 0 bridgehead atoms. The zero-order valence-corrected chi connectivity index (χ0v) is 16.4. The molecule has 1 heterocycles. The van der Waals surface area contributed by atoms with Crippen molar-refractivity contribution in [2.24, 2.45) is 0 Å². The van der Waals surface area contributed by atoms with Gasteiger partial charge in [-0.25, -0.2) is 0 Å². The summed E-state index contributed by atoms with van der Waals surface area (Å²) in [5, 5.41) is 8.35. The maximum absolute atomic E-state index is 12.1. The molecule has 1 aromatic heterocycles. The van der Waals surface area contributed by atoms with Crippen LogP contribution in [0.4, 0.5) is 5.69 Å². The van der Waals surface area contributed by atoms with E-state index in [0.29, 0.717) is 22.0 Å². The summed E-state index contributed by atoms with van der Waals surface area (Å²) in [7, 11) is 0. The highest BCUT2D eigenvalue weighted by Crippen LogP contribution is 2.23. The summed E-state index contributed by atoms with van der Waals surface area (Å²) in [6.45, 7) is 3.86. The van der Waals surface area contributed by atoms with Crippen molar-refractivity contribution in [1.29, 1.82) is 0 Å². The fraction of sp³-hybridized carbons (Fsp3) is 0.250. The Labute approximate surface area is 168 Å². The number of halogens is 1. The molecule has 2 rings (SSSR count). The van der Waals surface area contributed by atoms with Crippen LogP contribution in [0.15, 0.2) is 47.1 Å². The number of nitrogens with one attached hydrogen (secondary N) is 3. The summed E-state index contributed by atoms with van der Waals surface area (Å²) < 4.78 is 5.08. The summed E-state index contributed by atoms with van der Waals surface area (Å²) in [5.41, 5.74) is 0.733. The second kappa shape index (κ2) is 10.3. The summed E-state index contributed by atoms with van der Waals surface area (Å²) in [4.78, 5) is 35.9. The van der Waals surface area contributed by atoms with Gasteiger partial charge in [0.2, 0.25) is 11.8 Å². The molecule has 0 fully saturated rings. The highest BCUT2D eigenvalue weighted by atomic mass is 35.5. The minimum atomic E-state index is -0.338. The van der Waals surface area contributed by atoms with Crippen LogP contribution < -0.4 is 16.0 Å². The van der Waals surface area contributed by atoms with Gasteiger partial charge in [0.1, 0.15) is 5.76 Å². The zero-order chi connectivity index (χ0) is 20.5. The molecule has 0 saturated carbocycles. The van der Waals surface area contributed by atoms with Crippen molar-refractivity contribution in [3.63, 3.8) is 0 Å². The fourth-order valence-electron chi connectivity index (χ4n) is 2.22. The van der Waals surface area contributed by atoms with E-state index in [1.165, 1.54) is 24.5 Å². The standard InChI is InChI=1S/C20H22ClN3O4/c1-13(2)23-20(27)14-5-7-16(21)17(12-14)24-19(26)9-10-22-18(25)8-6-15-4-3-11-28-15/h3-8,11-13H,9-10H2,1-2H3,(H,22,25)(H,23,27)(H,24,26)/b8-6+. The van der Waals surface area contributed by atoms with Crippen LogP contribution in [0.25, 0.3) is 6.08 Å². The van der Waals surface area contributed by atoms with Crippen molar-refractivity contribution in [3.05, 3.63) is 59.0 Å². The van der Waals surface area contributed by atoms with E-state index in [1.54, 1.807) is 24.3 Å². The summed E-state index contributed by atoms with van der Waals surface area (Å²) in [6.07, 6.45) is 4.42. The van der Waals surface area contributed by atoms with Crippen molar-refractivity contribution in [2.75, 3.05) is 11.9 Å². The van der Waals surface area contributed by atoms with Gasteiger partial charge in [-0.05, 0) is 50.3 Å². The second-order valence-electron chi connectivity index (χ2n) is 6.26. The molecule has 0 aliphatic carbocycles. The van der Waals surface area contributed by atoms with Crippen molar-refractivity contribution in [1.82, 2.24) is 10.6 Å². The summed E-state index contributed by atoms with van der Waals surface area (Å²) >= 11 is 6.09. The molecule has 1 aromatic carbocycles. The smallest absolute Gasteiger partial charge is 0.251 e. The van der Waals surface area contributed by atoms with Gasteiger partial charge in [-0.3, -0.25) is 14.4 Å². The Hall–Kier alpha value is -3.06. The average Bonchev–Trinajstić information content (AvgIpc) is 3.15. The maximum Gasteiger partial charge on any atom is 0.251 e. The molecule has 0 radical (unpaired) electrons. The van der Waals surface area contributed by atoms with E-state index in [2.05, 4.69) is 16.0 Å². The van der Waals surface area contributed by atoms with Crippen LogP contribution in [0, 0.1) is 0 Å². The van der Waals surface area contributed by atoms with Crippen molar-refractivity contribution in [2.45, 2.75) is 26.3 Å². The van der Waals surface area contributed by atoms with Gasteiger partial charge in [0, 0.05) is 30.6 Å². The first kappa shape index (κ1) is 21.2. The third-order valence-electron chi connectivity index (χ3n) is 3.52. The Morgan fingerprint density at radius 2 is 2.00 bits per heavy atom. The number of rotatable bonds is 8. The molecule has 7 nitrogen and oxygen atoms in total. The number of hydrogen-bond acceptors (Lipinski definition) is 4. The number of furan rings is 1. The van der Waals surface area contributed by atoms with Crippen molar-refractivity contribution < 1.29 is 18.8 Å².